The average molecular weight is 559 g/mol. The number of fused-ring (bicyclic) bond motifs is 1. The second kappa shape index (κ2) is 11.1. The first-order valence-corrected chi connectivity index (χ1v) is 13.7. The third-order valence-corrected chi connectivity index (χ3v) is 8.20. The molecule has 2 saturated carbocycles. The number of aromatic nitrogens is 4. The molecule has 3 aromatic rings. The van der Waals surface area contributed by atoms with Gasteiger partial charge in [0.1, 0.15) is 5.52 Å². The van der Waals surface area contributed by atoms with E-state index < -0.39 is 23.5 Å². The van der Waals surface area contributed by atoms with Gasteiger partial charge in [-0.15, -0.1) is 0 Å². The van der Waals surface area contributed by atoms with E-state index in [0.29, 0.717) is 17.0 Å². The zero-order valence-corrected chi connectivity index (χ0v) is 22.5. The van der Waals surface area contributed by atoms with E-state index in [1.807, 2.05) is 6.92 Å². The lowest BCUT2D eigenvalue weighted by Gasteiger charge is -2.32. The first-order valence-electron chi connectivity index (χ1n) is 13.7. The summed E-state index contributed by atoms with van der Waals surface area (Å²) in [6.45, 7) is 2.09. The van der Waals surface area contributed by atoms with Crippen LogP contribution in [-0.2, 0) is 17.5 Å². The number of carboxylic acids is 1. The summed E-state index contributed by atoms with van der Waals surface area (Å²) in [5.74, 6) is -1.09. The normalized spacial score (nSPS) is 17.4. The Kier molecular flexibility index (Phi) is 7.70. The number of hydrogen-bond donors (Lipinski definition) is 2. The van der Waals surface area contributed by atoms with Gasteiger partial charge in [0.2, 0.25) is 17.7 Å². The molecule has 1 atom stereocenters. The van der Waals surface area contributed by atoms with Crippen molar-refractivity contribution in [1.29, 1.82) is 0 Å². The molecule has 2 aromatic heterocycles. The highest BCUT2D eigenvalue weighted by molar-refractivity contribution is 5.97. The first kappa shape index (κ1) is 27.9. The number of hydrogen-bond acceptors (Lipinski definition) is 6. The molecule has 2 aliphatic carbocycles. The summed E-state index contributed by atoms with van der Waals surface area (Å²) >= 11 is 0. The smallest absolute Gasteiger partial charge is 0.416 e. The third kappa shape index (κ3) is 5.62. The summed E-state index contributed by atoms with van der Waals surface area (Å²) in [6.07, 6.45) is 3.31. The molecule has 0 aliphatic heterocycles. The van der Waals surface area contributed by atoms with Crippen molar-refractivity contribution >= 4 is 34.8 Å². The number of alkyl halides is 3. The highest BCUT2D eigenvalue weighted by atomic mass is 19.4. The highest BCUT2D eigenvalue weighted by Gasteiger charge is 2.32. The number of aromatic carboxylic acids is 1. The molecule has 12 heteroatoms. The molecule has 2 N–H and O–H groups in total. The number of nitrogens with one attached hydrogen (secondary N) is 1. The van der Waals surface area contributed by atoms with Crippen molar-refractivity contribution in [1.82, 2.24) is 19.5 Å². The first-order chi connectivity index (χ1) is 19.0. The number of carboxylic acid groups (broad SMARTS) is 1. The molecule has 9 nitrogen and oxygen atoms in total. The van der Waals surface area contributed by atoms with E-state index in [1.165, 1.54) is 17.0 Å². The molecule has 2 aliphatic rings. The van der Waals surface area contributed by atoms with Crippen LogP contribution < -0.4 is 10.2 Å². The van der Waals surface area contributed by atoms with Crippen LogP contribution in [0.4, 0.5) is 24.9 Å². The van der Waals surface area contributed by atoms with Crippen molar-refractivity contribution in [2.75, 3.05) is 17.3 Å². The minimum absolute atomic E-state index is 0.00651. The maximum Gasteiger partial charge on any atom is 0.416 e. The zero-order chi connectivity index (χ0) is 28.6. The van der Waals surface area contributed by atoms with Gasteiger partial charge in [0, 0.05) is 19.0 Å². The summed E-state index contributed by atoms with van der Waals surface area (Å²) in [7, 11) is 1.62. The van der Waals surface area contributed by atoms with Gasteiger partial charge in [-0.25, -0.2) is 14.8 Å². The molecular weight excluding hydrogens is 525 g/mol. The fraction of sp³-hybridized carbons (Fsp3) is 0.536. The standard InChI is InChI=1S/C28H33F3N6O3/c1-16(18-9-6-10-18)32-22-21-23(34-24(33-22)26(39)40)35-27(36(2)25(38)19-7-4-3-5-8-19)37(21)15-17-11-13-20(14-12-17)28(29,30)31/h11-14,16,18-19H,3-10,15H2,1-2H3,(H,39,40)(H,32,33,34). The van der Waals surface area contributed by atoms with Gasteiger partial charge < -0.3 is 15.0 Å². The van der Waals surface area contributed by atoms with Crippen molar-refractivity contribution in [3.8, 4) is 0 Å². The number of anilines is 2. The van der Waals surface area contributed by atoms with Crippen molar-refractivity contribution in [3.05, 3.63) is 41.2 Å². The van der Waals surface area contributed by atoms with E-state index in [4.69, 9.17) is 0 Å². The van der Waals surface area contributed by atoms with E-state index in [0.717, 1.165) is 63.5 Å². The Labute approximate surface area is 229 Å². The Morgan fingerprint density at radius 3 is 2.30 bits per heavy atom. The van der Waals surface area contributed by atoms with Crippen LogP contribution in [0, 0.1) is 11.8 Å². The number of halogens is 3. The van der Waals surface area contributed by atoms with E-state index in [-0.39, 0.29) is 41.8 Å². The maximum atomic E-state index is 13.5. The van der Waals surface area contributed by atoms with Gasteiger partial charge in [0.15, 0.2) is 11.5 Å². The second-order valence-corrected chi connectivity index (χ2v) is 10.9. The number of carbonyl (C=O) groups excluding carboxylic acids is 1. The number of benzene rings is 1. The molecule has 1 amide bonds. The van der Waals surface area contributed by atoms with Crippen molar-refractivity contribution in [2.45, 2.75) is 77.1 Å². The van der Waals surface area contributed by atoms with Crippen LogP contribution in [0.25, 0.3) is 11.2 Å². The molecule has 0 bridgehead atoms. The van der Waals surface area contributed by atoms with Gasteiger partial charge in [0.25, 0.3) is 0 Å². The quantitative estimate of drug-likeness (QED) is 0.363. The molecule has 1 aromatic carbocycles. The average Bonchev–Trinajstić information content (AvgIpc) is 3.25. The predicted octanol–water partition coefficient (Wildman–Crippen LogP) is 5.74. The number of carbonyl (C=O) groups is 2. The molecule has 2 fully saturated rings. The van der Waals surface area contributed by atoms with Crippen molar-refractivity contribution < 1.29 is 27.9 Å². The molecule has 40 heavy (non-hydrogen) atoms. The molecular formula is C28H33F3N6O3. The Bertz CT molecular complexity index is 1400. The van der Waals surface area contributed by atoms with E-state index in [2.05, 4.69) is 20.3 Å². The van der Waals surface area contributed by atoms with Gasteiger partial charge in [-0.05, 0) is 56.2 Å². The summed E-state index contributed by atoms with van der Waals surface area (Å²) in [6, 6.07) is 4.80. The number of imidazole rings is 1. The van der Waals surface area contributed by atoms with E-state index in [9.17, 15) is 27.9 Å². The maximum absolute atomic E-state index is 13.5. The SMILES string of the molecule is CC(Nc1nc(C(=O)O)nc2nc(N(C)C(=O)C3CCCCC3)n(Cc3ccc(C(F)(F)F)cc3)c12)C1CCC1. The number of rotatable bonds is 8. The van der Waals surface area contributed by atoms with Crippen LogP contribution in [0.5, 0.6) is 0 Å². The molecule has 1 unspecified atom stereocenters. The lowest BCUT2D eigenvalue weighted by molar-refractivity contribution is -0.137. The minimum atomic E-state index is -4.46. The van der Waals surface area contributed by atoms with Gasteiger partial charge >= 0.3 is 12.1 Å². The number of amides is 1. The van der Waals surface area contributed by atoms with Crippen LogP contribution >= 0.6 is 0 Å². The fourth-order valence-corrected chi connectivity index (χ4v) is 5.60. The summed E-state index contributed by atoms with van der Waals surface area (Å²) in [5, 5.41) is 13.1. The van der Waals surface area contributed by atoms with Crippen LogP contribution in [-0.4, -0.2) is 49.6 Å². The van der Waals surface area contributed by atoms with Gasteiger partial charge in [0.05, 0.1) is 12.1 Å². The van der Waals surface area contributed by atoms with Gasteiger partial charge in [-0.2, -0.15) is 18.2 Å². The summed E-state index contributed by atoms with van der Waals surface area (Å²) in [5.41, 5.74) is 0.283. The second-order valence-electron chi connectivity index (χ2n) is 10.9. The predicted molar refractivity (Wildman–Crippen MR) is 143 cm³/mol. The Balaban J connectivity index is 1.62. The summed E-state index contributed by atoms with van der Waals surface area (Å²) in [4.78, 5) is 39.9. The largest absolute Gasteiger partial charge is 0.475 e. The lowest BCUT2D eigenvalue weighted by atomic mass is 9.80. The zero-order valence-electron chi connectivity index (χ0n) is 22.5. The minimum Gasteiger partial charge on any atom is -0.475 e. The Hall–Kier alpha value is -3.70. The summed E-state index contributed by atoms with van der Waals surface area (Å²) < 4.78 is 41.3. The Morgan fingerprint density at radius 1 is 1.05 bits per heavy atom. The van der Waals surface area contributed by atoms with E-state index >= 15 is 0 Å². The molecule has 0 spiro atoms. The van der Waals surface area contributed by atoms with Crippen LogP contribution in [0.1, 0.15) is 80.0 Å². The van der Waals surface area contributed by atoms with Gasteiger partial charge in [-0.3, -0.25) is 9.69 Å². The van der Waals surface area contributed by atoms with Crippen molar-refractivity contribution in [2.24, 2.45) is 11.8 Å². The Morgan fingerprint density at radius 2 is 1.73 bits per heavy atom. The van der Waals surface area contributed by atoms with Crippen LogP contribution in [0.3, 0.4) is 0 Å². The lowest BCUT2D eigenvalue weighted by Crippen LogP contribution is -2.35. The molecule has 214 valence electrons. The third-order valence-electron chi connectivity index (χ3n) is 8.20. The van der Waals surface area contributed by atoms with Gasteiger partial charge in [-0.1, -0.05) is 37.8 Å². The molecule has 0 saturated heterocycles. The molecule has 0 radical (unpaired) electrons. The number of nitrogens with zero attached hydrogens (tertiary/aromatic N) is 5. The van der Waals surface area contributed by atoms with E-state index in [1.54, 1.807) is 11.6 Å². The highest BCUT2D eigenvalue weighted by Crippen LogP contribution is 2.35. The fourth-order valence-electron chi connectivity index (χ4n) is 5.60. The topological polar surface area (TPSA) is 113 Å². The van der Waals surface area contributed by atoms with Crippen molar-refractivity contribution in [3.63, 3.8) is 0 Å². The van der Waals surface area contributed by atoms with Crippen LogP contribution in [0.2, 0.25) is 0 Å². The monoisotopic (exact) mass is 558 g/mol. The molecule has 5 rings (SSSR count). The van der Waals surface area contributed by atoms with Crippen LogP contribution in [0.15, 0.2) is 24.3 Å². The molecule has 2 heterocycles.